The number of para-hydroxylation sites is 1. The van der Waals surface area contributed by atoms with Gasteiger partial charge >= 0.3 is 0 Å². The first-order valence-electron chi connectivity index (χ1n) is 5.16. The summed E-state index contributed by atoms with van der Waals surface area (Å²) in [4.78, 5) is 0. The van der Waals surface area contributed by atoms with E-state index in [9.17, 15) is 0 Å². The molecule has 0 atom stereocenters. The Bertz CT molecular complexity index is 560. The molecule has 2 nitrogen and oxygen atoms in total. The van der Waals surface area contributed by atoms with Crippen LogP contribution in [-0.2, 0) is 6.61 Å². The van der Waals surface area contributed by atoms with Crippen molar-refractivity contribution >= 4 is 22.6 Å². The molecule has 2 aromatic carbocycles. The predicted octanol–water partition coefficient (Wildman–Crippen LogP) is 3.74. The maximum absolute atomic E-state index is 8.93. The molecule has 0 spiro atoms. The lowest BCUT2D eigenvalue weighted by Gasteiger charge is -2.07. The Hall–Kier alpha value is -1.54. The Morgan fingerprint density at radius 2 is 1.94 bits per heavy atom. The molecule has 17 heavy (non-hydrogen) atoms. The lowest BCUT2D eigenvalue weighted by Crippen LogP contribution is -1.97. The van der Waals surface area contributed by atoms with Gasteiger partial charge in [0.05, 0.1) is 5.56 Å². The van der Waals surface area contributed by atoms with E-state index in [1.165, 1.54) is 3.57 Å². The highest BCUT2D eigenvalue weighted by atomic mass is 127. The first kappa shape index (κ1) is 11.9. The number of benzene rings is 2. The predicted molar refractivity (Wildman–Crippen MR) is 74.6 cm³/mol. The molecular weight excluding hydrogens is 325 g/mol. The topological polar surface area (TPSA) is 33.0 Å². The van der Waals surface area contributed by atoms with Crippen LogP contribution in [0.3, 0.4) is 0 Å². The highest BCUT2D eigenvalue weighted by Crippen LogP contribution is 2.18. The quantitative estimate of drug-likeness (QED) is 0.801. The van der Waals surface area contributed by atoms with E-state index in [1.54, 1.807) is 6.07 Å². The van der Waals surface area contributed by atoms with E-state index in [2.05, 4.69) is 34.7 Å². The lowest BCUT2D eigenvalue weighted by molar-refractivity contribution is 0.305. The fourth-order valence-corrected chi connectivity index (χ4v) is 2.08. The molecule has 3 heteroatoms. The number of nitrogens with zero attached hydrogens (tertiary/aromatic N) is 1. The van der Waals surface area contributed by atoms with Gasteiger partial charge in [0.1, 0.15) is 18.4 Å². The smallest absolute Gasteiger partial charge is 0.137 e. The number of hydrogen-bond acceptors (Lipinski definition) is 2. The molecule has 2 rings (SSSR count). The minimum atomic E-state index is 0.482. The minimum absolute atomic E-state index is 0.482. The molecular formula is C14H10INO. The molecule has 0 fully saturated rings. The number of rotatable bonds is 3. The molecule has 0 N–H and O–H groups in total. The fraction of sp³-hybridized carbons (Fsp3) is 0.0714. The van der Waals surface area contributed by atoms with Crippen molar-refractivity contribution in [2.45, 2.75) is 6.61 Å². The molecule has 84 valence electrons. The summed E-state index contributed by atoms with van der Waals surface area (Å²) in [6.45, 7) is 0.482. The standard InChI is InChI=1S/C14H10INO/c15-13-6-3-4-11(8-13)10-17-14-7-2-1-5-12(14)9-16/h1-8H,10H2. The third-order valence-electron chi connectivity index (χ3n) is 2.29. The number of hydrogen-bond donors (Lipinski definition) is 0. The Balaban J connectivity index is 2.10. The summed E-state index contributed by atoms with van der Waals surface area (Å²) < 4.78 is 6.82. The van der Waals surface area contributed by atoms with Crippen LogP contribution in [0.5, 0.6) is 5.75 Å². The molecule has 0 bridgehead atoms. The highest BCUT2D eigenvalue weighted by molar-refractivity contribution is 14.1. The summed E-state index contributed by atoms with van der Waals surface area (Å²) in [6, 6.07) is 17.5. The average Bonchev–Trinajstić information content (AvgIpc) is 2.37. The molecule has 0 unspecified atom stereocenters. The van der Waals surface area contributed by atoms with Crippen LogP contribution in [0.25, 0.3) is 0 Å². The van der Waals surface area contributed by atoms with Gasteiger partial charge in [0.2, 0.25) is 0 Å². The van der Waals surface area contributed by atoms with Crippen molar-refractivity contribution in [2.24, 2.45) is 0 Å². The maximum Gasteiger partial charge on any atom is 0.137 e. The Labute approximate surface area is 114 Å². The highest BCUT2D eigenvalue weighted by Gasteiger charge is 2.02. The minimum Gasteiger partial charge on any atom is -0.488 e. The summed E-state index contributed by atoms with van der Waals surface area (Å²) in [5.74, 6) is 0.633. The van der Waals surface area contributed by atoms with E-state index in [1.807, 2.05) is 36.4 Å². The van der Waals surface area contributed by atoms with Crippen LogP contribution >= 0.6 is 22.6 Å². The van der Waals surface area contributed by atoms with Gasteiger partial charge in [-0.25, -0.2) is 0 Å². The zero-order chi connectivity index (χ0) is 12.1. The van der Waals surface area contributed by atoms with E-state index in [4.69, 9.17) is 10.00 Å². The summed E-state index contributed by atoms with van der Waals surface area (Å²) >= 11 is 2.27. The van der Waals surface area contributed by atoms with E-state index in [-0.39, 0.29) is 0 Å². The summed E-state index contributed by atoms with van der Waals surface area (Å²) in [7, 11) is 0. The van der Waals surface area contributed by atoms with E-state index in [0.717, 1.165) is 5.56 Å². The SMILES string of the molecule is N#Cc1ccccc1OCc1cccc(I)c1. The zero-order valence-electron chi connectivity index (χ0n) is 9.06. The van der Waals surface area contributed by atoms with Crippen LogP contribution < -0.4 is 4.74 Å². The van der Waals surface area contributed by atoms with Gasteiger partial charge in [-0.2, -0.15) is 5.26 Å². The lowest BCUT2D eigenvalue weighted by atomic mass is 10.2. The van der Waals surface area contributed by atoms with Gasteiger partial charge in [-0.05, 0) is 52.4 Å². The van der Waals surface area contributed by atoms with E-state index >= 15 is 0 Å². The molecule has 2 aromatic rings. The molecule has 0 aliphatic carbocycles. The molecule has 0 saturated heterocycles. The largest absolute Gasteiger partial charge is 0.488 e. The van der Waals surface area contributed by atoms with Gasteiger partial charge < -0.3 is 4.74 Å². The number of ether oxygens (including phenoxy) is 1. The summed E-state index contributed by atoms with van der Waals surface area (Å²) in [5, 5.41) is 8.93. The monoisotopic (exact) mass is 335 g/mol. The first-order valence-corrected chi connectivity index (χ1v) is 6.24. The summed E-state index contributed by atoms with van der Waals surface area (Å²) in [6.07, 6.45) is 0. The molecule has 0 heterocycles. The van der Waals surface area contributed by atoms with Gasteiger partial charge in [0.15, 0.2) is 0 Å². The van der Waals surface area contributed by atoms with Crippen LogP contribution in [0.4, 0.5) is 0 Å². The van der Waals surface area contributed by atoms with Gasteiger partial charge in [-0.15, -0.1) is 0 Å². The van der Waals surface area contributed by atoms with Crippen LogP contribution in [0, 0.1) is 14.9 Å². The van der Waals surface area contributed by atoms with Crippen molar-refractivity contribution in [2.75, 3.05) is 0 Å². The average molecular weight is 335 g/mol. The van der Waals surface area contributed by atoms with Crippen LogP contribution in [0.2, 0.25) is 0 Å². The Morgan fingerprint density at radius 1 is 1.12 bits per heavy atom. The van der Waals surface area contributed by atoms with Crippen LogP contribution in [0.1, 0.15) is 11.1 Å². The molecule has 0 aliphatic rings. The second-order valence-corrected chi connectivity index (χ2v) is 4.77. The van der Waals surface area contributed by atoms with Crippen molar-refractivity contribution in [3.05, 3.63) is 63.2 Å². The van der Waals surface area contributed by atoms with Crippen molar-refractivity contribution in [1.82, 2.24) is 0 Å². The van der Waals surface area contributed by atoms with Crippen LogP contribution in [-0.4, -0.2) is 0 Å². The maximum atomic E-state index is 8.93. The van der Waals surface area contributed by atoms with Gasteiger partial charge in [0, 0.05) is 3.57 Å². The molecule has 0 amide bonds. The zero-order valence-corrected chi connectivity index (χ0v) is 11.2. The number of halogens is 1. The Morgan fingerprint density at radius 3 is 2.71 bits per heavy atom. The summed E-state index contributed by atoms with van der Waals surface area (Å²) in [5.41, 5.74) is 1.67. The van der Waals surface area contributed by atoms with Crippen molar-refractivity contribution in [3.8, 4) is 11.8 Å². The molecule has 0 aliphatic heterocycles. The molecule has 0 radical (unpaired) electrons. The third-order valence-corrected chi connectivity index (χ3v) is 2.96. The van der Waals surface area contributed by atoms with E-state index in [0.29, 0.717) is 17.9 Å². The van der Waals surface area contributed by atoms with Gasteiger partial charge in [-0.1, -0.05) is 24.3 Å². The van der Waals surface area contributed by atoms with Gasteiger partial charge in [-0.3, -0.25) is 0 Å². The first-order chi connectivity index (χ1) is 8.29. The second-order valence-electron chi connectivity index (χ2n) is 3.53. The molecule has 0 aromatic heterocycles. The number of nitriles is 1. The van der Waals surface area contributed by atoms with Crippen molar-refractivity contribution in [3.63, 3.8) is 0 Å². The van der Waals surface area contributed by atoms with Gasteiger partial charge in [0.25, 0.3) is 0 Å². The van der Waals surface area contributed by atoms with Crippen molar-refractivity contribution < 1.29 is 4.74 Å². The molecule has 0 saturated carbocycles. The third kappa shape index (κ3) is 3.21. The second kappa shape index (κ2) is 5.69. The van der Waals surface area contributed by atoms with Crippen LogP contribution in [0.15, 0.2) is 48.5 Å². The van der Waals surface area contributed by atoms with Crippen molar-refractivity contribution in [1.29, 1.82) is 5.26 Å². The van der Waals surface area contributed by atoms with E-state index < -0.39 is 0 Å². The normalized spacial score (nSPS) is 9.65. The Kier molecular flexibility index (Phi) is 3.99. The fourth-order valence-electron chi connectivity index (χ4n) is 1.47.